The second-order valence-corrected chi connectivity index (χ2v) is 6.02. The van der Waals surface area contributed by atoms with Crippen molar-refractivity contribution in [1.29, 1.82) is 0 Å². The van der Waals surface area contributed by atoms with E-state index in [1.807, 2.05) is 0 Å². The molecule has 6 heteroatoms. The molecule has 2 aliphatic carbocycles. The summed E-state index contributed by atoms with van der Waals surface area (Å²) in [5.74, 6) is 1.42. The molecule has 2 aliphatic rings. The normalized spacial score (nSPS) is 17.6. The Balaban J connectivity index is 1.44. The minimum absolute atomic E-state index is 0.0169. The van der Waals surface area contributed by atoms with Crippen LogP contribution in [0.5, 0.6) is 5.75 Å². The van der Waals surface area contributed by atoms with E-state index in [0.717, 1.165) is 0 Å². The summed E-state index contributed by atoms with van der Waals surface area (Å²) >= 11 is 0. The van der Waals surface area contributed by atoms with Gasteiger partial charge in [0.25, 0.3) is 0 Å². The van der Waals surface area contributed by atoms with Gasteiger partial charge in [0.15, 0.2) is 0 Å². The van der Waals surface area contributed by atoms with Crippen molar-refractivity contribution in [3.8, 4) is 5.75 Å². The molecule has 120 valence electrons. The van der Waals surface area contributed by atoms with Crippen molar-refractivity contribution in [3.63, 3.8) is 0 Å². The van der Waals surface area contributed by atoms with Crippen LogP contribution in [0.25, 0.3) is 0 Å². The predicted octanol–water partition coefficient (Wildman–Crippen LogP) is 3.00. The van der Waals surface area contributed by atoms with E-state index in [1.54, 1.807) is 12.1 Å². The number of nitrogens with one attached hydrogen (secondary N) is 2. The zero-order chi connectivity index (χ0) is 15.5. The van der Waals surface area contributed by atoms with Gasteiger partial charge < -0.3 is 15.4 Å². The van der Waals surface area contributed by atoms with E-state index in [1.165, 1.54) is 37.8 Å². The highest BCUT2D eigenvalue weighted by Crippen LogP contribution is 2.44. The minimum Gasteiger partial charge on any atom is -0.435 e. The van der Waals surface area contributed by atoms with Gasteiger partial charge in [-0.1, -0.05) is 0 Å². The number of hydrogen-bond acceptors (Lipinski definition) is 3. The summed E-state index contributed by atoms with van der Waals surface area (Å²) in [6, 6.07) is 6.47. The second kappa shape index (κ2) is 6.50. The number of carbonyl (C=O) groups excluding carboxylic acids is 1. The highest BCUT2D eigenvalue weighted by atomic mass is 19.3. The highest BCUT2D eigenvalue weighted by Gasteiger charge is 2.42. The molecular formula is C16H20F2N2O2. The number of halogens is 2. The molecule has 3 rings (SSSR count). The Labute approximate surface area is 128 Å². The Bertz CT molecular complexity index is 501. The van der Waals surface area contributed by atoms with Crippen molar-refractivity contribution in [2.45, 2.75) is 38.3 Å². The first-order valence-electron chi connectivity index (χ1n) is 7.70. The molecule has 2 saturated carbocycles. The molecular weight excluding hydrogens is 290 g/mol. The first-order chi connectivity index (χ1) is 10.6. The fourth-order valence-electron chi connectivity index (χ4n) is 2.70. The van der Waals surface area contributed by atoms with E-state index >= 15 is 0 Å². The van der Waals surface area contributed by atoms with Gasteiger partial charge in [-0.15, -0.1) is 0 Å². The standard InChI is InChI=1S/C16H20F2N2O2/c17-16(18)22-13-7-5-12(6-8-13)19-9-14(21)20-15(10-1-2-10)11-3-4-11/h5-8,10-11,15-16,19H,1-4,9H2,(H,20,21). The third-order valence-corrected chi connectivity index (χ3v) is 4.12. The molecule has 0 spiro atoms. The first-order valence-corrected chi connectivity index (χ1v) is 7.70. The molecule has 0 unspecified atom stereocenters. The van der Waals surface area contributed by atoms with Gasteiger partial charge in [-0.05, 0) is 61.8 Å². The molecule has 1 aromatic rings. The lowest BCUT2D eigenvalue weighted by atomic mass is 10.1. The summed E-state index contributed by atoms with van der Waals surface area (Å²) in [7, 11) is 0. The first kappa shape index (κ1) is 15.1. The molecule has 2 N–H and O–H groups in total. The van der Waals surface area contributed by atoms with Crippen molar-refractivity contribution in [2.75, 3.05) is 11.9 Å². The number of benzene rings is 1. The number of rotatable bonds is 8. The van der Waals surface area contributed by atoms with Gasteiger partial charge in [0, 0.05) is 11.7 Å². The van der Waals surface area contributed by atoms with E-state index in [2.05, 4.69) is 15.4 Å². The van der Waals surface area contributed by atoms with Gasteiger partial charge in [-0.2, -0.15) is 8.78 Å². The Morgan fingerprint density at radius 3 is 2.23 bits per heavy atom. The largest absolute Gasteiger partial charge is 0.435 e. The van der Waals surface area contributed by atoms with Crippen LogP contribution in [-0.2, 0) is 4.79 Å². The summed E-state index contributed by atoms with van der Waals surface area (Å²) in [6.45, 7) is -2.64. The molecule has 2 fully saturated rings. The maximum Gasteiger partial charge on any atom is 0.387 e. The summed E-state index contributed by atoms with van der Waals surface area (Å²) in [5, 5.41) is 6.12. The molecule has 0 aromatic heterocycles. The summed E-state index contributed by atoms with van der Waals surface area (Å²) in [4.78, 5) is 12.0. The second-order valence-electron chi connectivity index (χ2n) is 6.02. The van der Waals surface area contributed by atoms with Crippen molar-refractivity contribution in [2.24, 2.45) is 11.8 Å². The van der Waals surface area contributed by atoms with Gasteiger partial charge >= 0.3 is 6.61 Å². The molecule has 22 heavy (non-hydrogen) atoms. The van der Waals surface area contributed by atoms with Crippen LogP contribution in [0, 0.1) is 11.8 Å². The number of carbonyl (C=O) groups is 1. The van der Waals surface area contributed by atoms with Crippen LogP contribution in [0.3, 0.4) is 0 Å². The molecule has 1 aromatic carbocycles. The van der Waals surface area contributed by atoms with Crippen molar-refractivity contribution >= 4 is 11.6 Å². The van der Waals surface area contributed by atoms with Gasteiger partial charge in [-0.3, -0.25) is 4.79 Å². The Kier molecular flexibility index (Phi) is 4.45. The molecule has 0 aliphatic heterocycles. The van der Waals surface area contributed by atoms with Crippen LogP contribution in [0.1, 0.15) is 25.7 Å². The van der Waals surface area contributed by atoms with Crippen LogP contribution >= 0.6 is 0 Å². The molecule has 0 atom stereocenters. The Morgan fingerprint density at radius 1 is 1.14 bits per heavy atom. The number of anilines is 1. The highest BCUT2D eigenvalue weighted by molar-refractivity contribution is 5.81. The fraction of sp³-hybridized carbons (Fsp3) is 0.562. The van der Waals surface area contributed by atoms with E-state index in [0.29, 0.717) is 23.6 Å². The fourth-order valence-corrected chi connectivity index (χ4v) is 2.70. The SMILES string of the molecule is O=C(CNc1ccc(OC(F)F)cc1)NC(C1CC1)C1CC1. The monoisotopic (exact) mass is 310 g/mol. The number of ether oxygens (including phenoxy) is 1. The Hall–Kier alpha value is -1.85. The van der Waals surface area contributed by atoms with Crippen LogP contribution in [0.15, 0.2) is 24.3 Å². The quantitative estimate of drug-likeness (QED) is 0.776. The maximum atomic E-state index is 12.0. The van der Waals surface area contributed by atoms with Crippen molar-refractivity contribution in [1.82, 2.24) is 5.32 Å². The predicted molar refractivity (Wildman–Crippen MR) is 78.9 cm³/mol. The van der Waals surface area contributed by atoms with Crippen molar-refractivity contribution in [3.05, 3.63) is 24.3 Å². The molecule has 0 heterocycles. The molecule has 0 radical (unpaired) electrons. The lowest BCUT2D eigenvalue weighted by molar-refractivity contribution is -0.120. The minimum atomic E-state index is -2.83. The van der Waals surface area contributed by atoms with Gasteiger partial charge in [0.2, 0.25) is 5.91 Å². The summed E-state index contributed by atoms with van der Waals surface area (Å²) in [5.41, 5.74) is 0.700. The third-order valence-electron chi connectivity index (χ3n) is 4.12. The maximum absolute atomic E-state index is 12.0. The van der Waals surface area contributed by atoms with Crippen LogP contribution in [0.4, 0.5) is 14.5 Å². The van der Waals surface area contributed by atoms with E-state index in [-0.39, 0.29) is 18.2 Å². The number of hydrogen-bond donors (Lipinski definition) is 2. The van der Waals surface area contributed by atoms with Gasteiger partial charge in [0.1, 0.15) is 5.75 Å². The number of amides is 1. The topological polar surface area (TPSA) is 50.4 Å². The smallest absolute Gasteiger partial charge is 0.387 e. The van der Waals surface area contributed by atoms with Crippen LogP contribution < -0.4 is 15.4 Å². The molecule has 1 amide bonds. The average molecular weight is 310 g/mol. The number of alkyl halides is 2. The zero-order valence-corrected chi connectivity index (χ0v) is 12.2. The third kappa shape index (κ3) is 4.32. The van der Waals surface area contributed by atoms with Crippen LogP contribution in [0.2, 0.25) is 0 Å². The molecule has 0 bridgehead atoms. The van der Waals surface area contributed by atoms with Gasteiger partial charge in [0.05, 0.1) is 6.54 Å². The van der Waals surface area contributed by atoms with E-state index in [9.17, 15) is 13.6 Å². The molecule has 4 nitrogen and oxygen atoms in total. The van der Waals surface area contributed by atoms with Crippen LogP contribution in [-0.4, -0.2) is 25.1 Å². The summed E-state index contributed by atoms with van der Waals surface area (Å²) < 4.78 is 28.4. The van der Waals surface area contributed by atoms with E-state index < -0.39 is 6.61 Å². The van der Waals surface area contributed by atoms with Gasteiger partial charge in [-0.25, -0.2) is 0 Å². The average Bonchev–Trinajstić information content (AvgIpc) is 3.37. The molecule has 0 saturated heterocycles. The van der Waals surface area contributed by atoms with E-state index in [4.69, 9.17) is 0 Å². The lowest BCUT2D eigenvalue weighted by Crippen LogP contribution is -2.41. The lowest BCUT2D eigenvalue weighted by Gasteiger charge is -2.18. The summed E-state index contributed by atoms with van der Waals surface area (Å²) in [6.07, 6.45) is 4.89. The van der Waals surface area contributed by atoms with Crippen molar-refractivity contribution < 1.29 is 18.3 Å². The Morgan fingerprint density at radius 2 is 1.73 bits per heavy atom. The zero-order valence-electron chi connectivity index (χ0n) is 12.2.